The van der Waals surface area contributed by atoms with Crippen molar-refractivity contribution in [3.05, 3.63) is 23.8 Å². The molecule has 118 valence electrons. The second kappa shape index (κ2) is 6.40. The summed E-state index contributed by atoms with van der Waals surface area (Å²) in [4.78, 5) is 4.70. The van der Waals surface area contributed by atoms with Crippen molar-refractivity contribution in [2.24, 2.45) is 0 Å². The molecule has 0 spiro atoms. The molecule has 22 heavy (non-hydrogen) atoms. The van der Waals surface area contributed by atoms with Gasteiger partial charge in [-0.25, -0.2) is 4.98 Å². The molecule has 2 aromatic rings. The Morgan fingerprint density at radius 2 is 2.05 bits per heavy atom. The number of methoxy groups -OCH3 is 2. The minimum atomic E-state index is 0.282. The Balaban J connectivity index is 1.95. The third-order valence-electron chi connectivity index (χ3n) is 4.06. The standard InChI is InChI=1S/C17H22N2O3/c1-11-9-15(18-10-12-5-4-8-22-12)19-17-14(21-3)7-6-13(20-2)16(11)17/h6-7,9,12H,4-5,8,10H2,1-3H3,(H,18,19). The first-order valence-electron chi connectivity index (χ1n) is 7.60. The van der Waals surface area contributed by atoms with Crippen molar-refractivity contribution in [3.8, 4) is 11.5 Å². The molecule has 1 aliphatic rings. The zero-order valence-electron chi connectivity index (χ0n) is 13.3. The minimum Gasteiger partial charge on any atom is -0.496 e. The quantitative estimate of drug-likeness (QED) is 0.919. The van der Waals surface area contributed by atoms with E-state index in [4.69, 9.17) is 19.2 Å². The minimum absolute atomic E-state index is 0.282. The maximum Gasteiger partial charge on any atom is 0.145 e. The van der Waals surface area contributed by atoms with Crippen LogP contribution >= 0.6 is 0 Å². The number of nitrogens with one attached hydrogen (secondary N) is 1. The predicted molar refractivity (Wildman–Crippen MR) is 87.0 cm³/mol. The van der Waals surface area contributed by atoms with Gasteiger partial charge in [0.2, 0.25) is 0 Å². The van der Waals surface area contributed by atoms with Gasteiger partial charge < -0.3 is 19.5 Å². The Bertz CT molecular complexity index is 666. The molecule has 0 bridgehead atoms. The maximum absolute atomic E-state index is 5.64. The van der Waals surface area contributed by atoms with Gasteiger partial charge in [0, 0.05) is 18.5 Å². The highest BCUT2D eigenvalue weighted by atomic mass is 16.5. The Hall–Kier alpha value is -2.01. The van der Waals surface area contributed by atoms with Crippen LogP contribution in [0, 0.1) is 6.92 Å². The molecule has 1 aromatic heterocycles. The van der Waals surface area contributed by atoms with Gasteiger partial charge in [0.25, 0.3) is 0 Å². The van der Waals surface area contributed by atoms with Crippen LogP contribution in [0.25, 0.3) is 10.9 Å². The topological polar surface area (TPSA) is 52.6 Å². The lowest BCUT2D eigenvalue weighted by atomic mass is 10.1. The van der Waals surface area contributed by atoms with E-state index in [-0.39, 0.29) is 6.10 Å². The lowest BCUT2D eigenvalue weighted by Gasteiger charge is -2.15. The van der Waals surface area contributed by atoms with E-state index in [0.717, 1.165) is 59.8 Å². The van der Waals surface area contributed by atoms with Crippen LogP contribution in [0.1, 0.15) is 18.4 Å². The first-order chi connectivity index (χ1) is 10.7. The highest BCUT2D eigenvalue weighted by Crippen LogP contribution is 2.35. The lowest BCUT2D eigenvalue weighted by Crippen LogP contribution is -2.19. The van der Waals surface area contributed by atoms with E-state index in [1.807, 2.05) is 18.2 Å². The van der Waals surface area contributed by atoms with E-state index < -0.39 is 0 Å². The summed E-state index contributed by atoms with van der Waals surface area (Å²) in [7, 11) is 3.33. The van der Waals surface area contributed by atoms with Gasteiger partial charge in [0.05, 0.1) is 20.3 Å². The molecule has 3 rings (SSSR count). The summed E-state index contributed by atoms with van der Waals surface area (Å²) in [5.41, 5.74) is 1.92. The summed E-state index contributed by atoms with van der Waals surface area (Å²) < 4.78 is 16.5. The van der Waals surface area contributed by atoms with Gasteiger partial charge in [-0.3, -0.25) is 0 Å². The van der Waals surface area contributed by atoms with Crippen molar-refractivity contribution < 1.29 is 14.2 Å². The van der Waals surface area contributed by atoms with Crippen LogP contribution in [0.5, 0.6) is 11.5 Å². The molecule has 2 heterocycles. The fourth-order valence-electron chi connectivity index (χ4n) is 2.92. The van der Waals surface area contributed by atoms with Crippen molar-refractivity contribution in [2.75, 3.05) is 32.7 Å². The molecule has 1 unspecified atom stereocenters. The third kappa shape index (κ3) is 2.81. The van der Waals surface area contributed by atoms with Crippen LogP contribution in [0.4, 0.5) is 5.82 Å². The second-order valence-corrected chi connectivity index (χ2v) is 5.53. The van der Waals surface area contributed by atoms with Crippen LogP contribution in [-0.2, 0) is 4.74 Å². The summed E-state index contributed by atoms with van der Waals surface area (Å²) in [6.07, 6.45) is 2.53. The van der Waals surface area contributed by atoms with E-state index in [9.17, 15) is 0 Å². The second-order valence-electron chi connectivity index (χ2n) is 5.53. The van der Waals surface area contributed by atoms with E-state index in [0.29, 0.717) is 0 Å². The molecular weight excluding hydrogens is 280 g/mol. The van der Waals surface area contributed by atoms with Gasteiger partial charge in [-0.1, -0.05) is 0 Å². The van der Waals surface area contributed by atoms with Crippen molar-refractivity contribution >= 4 is 16.7 Å². The number of rotatable bonds is 5. The molecule has 1 N–H and O–H groups in total. The van der Waals surface area contributed by atoms with E-state index in [2.05, 4.69) is 12.2 Å². The fourth-order valence-corrected chi connectivity index (χ4v) is 2.92. The molecule has 0 saturated carbocycles. The summed E-state index contributed by atoms with van der Waals surface area (Å²) in [6, 6.07) is 5.84. The highest BCUT2D eigenvalue weighted by Gasteiger charge is 2.16. The zero-order valence-corrected chi connectivity index (χ0v) is 13.3. The maximum atomic E-state index is 5.64. The molecule has 0 aliphatic carbocycles. The fraction of sp³-hybridized carbons (Fsp3) is 0.471. The number of aryl methyl sites for hydroxylation is 1. The summed E-state index contributed by atoms with van der Waals surface area (Å²) >= 11 is 0. The normalized spacial score (nSPS) is 17.7. The molecule has 1 saturated heterocycles. The SMILES string of the molecule is COc1ccc(OC)c2c(C)cc(NCC3CCCO3)nc12. The van der Waals surface area contributed by atoms with Gasteiger partial charge in [0.15, 0.2) is 0 Å². The molecule has 1 aromatic carbocycles. The average molecular weight is 302 g/mol. The number of aromatic nitrogens is 1. The highest BCUT2D eigenvalue weighted by molar-refractivity contribution is 5.94. The van der Waals surface area contributed by atoms with E-state index in [1.54, 1.807) is 14.2 Å². The number of hydrogen-bond donors (Lipinski definition) is 1. The summed E-state index contributed by atoms with van der Waals surface area (Å²) in [5.74, 6) is 2.40. The molecular formula is C17H22N2O3. The van der Waals surface area contributed by atoms with Crippen molar-refractivity contribution in [1.29, 1.82) is 0 Å². The van der Waals surface area contributed by atoms with Crippen LogP contribution in [0.15, 0.2) is 18.2 Å². The van der Waals surface area contributed by atoms with Crippen LogP contribution in [0.2, 0.25) is 0 Å². The van der Waals surface area contributed by atoms with Crippen LogP contribution in [0.3, 0.4) is 0 Å². The van der Waals surface area contributed by atoms with Crippen LogP contribution < -0.4 is 14.8 Å². The molecule has 1 fully saturated rings. The number of anilines is 1. The summed E-state index contributed by atoms with van der Waals surface area (Å²) in [5, 5.41) is 4.37. The van der Waals surface area contributed by atoms with E-state index in [1.165, 1.54) is 0 Å². The molecule has 1 aliphatic heterocycles. The monoisotopic (exact) mass is 302 g/mol. The Morgan fingerprint density at radius 1 is 1.27 bits per heavy atom. The van der Waals surface area contributed by atoms with Crippen molar-refractivity contribution in [3.63, 3.8) is 0 Å². The van der Waals surface area contributed by atoms with Gasteiger partial charge in [-0.15, -0.1) is 0 Å². The first kappa shape index (κ1) is 14.9. The molecule has 5 nitrogen and oxygen atoms in total. The molecule has 0 radical (unpaired) electrons. The largest absolute Gasteiger partial charge is 0.496 e. The Morgan fingerprint density at radius 3 is 2.73 bits per heavy atom. The molecule has 1 atom stereocenters. The van der Waals surface area contributed by atoms with Gasteiger partial charge in [-0.05, 0) is 43.5 Å². The van der Waals surface area contributed by atoms with Gasteiger partial charge in [-0.2, -0.15) is 0 Å². The number of ether oxygens (including phenoxy) is 3. The first-order valence-corrected chi connectivity index (χ1v) is 7.60. The number of nitrogens with zero attached hydrogens (tertiary/aromatic N) is 1. The zero-order chi connectivity index (χ0) is 15.5. The Labute approximate surface area is 130 Å². The van der Waals surface area contributed by atoms with Gasteiger partial charge in [0.1, 0.15) is 22.8 Å². The smallest absolute Gasteiger partial charge is 0.145 e. The van der Waals surface area contributed by atoms with E-state index >= 15 is 0 Å². The molecule has 0 amide bonds. The van der Waals surface area contributed by atoms with Crippen molar-refractivity contribution in [2.45, 2.75) is 25.9 Å². The van der Waals surface area contributed by atoms with Crippen LogP contribution in [-0.4, -0.2) is 38.5 Å². The van der Waals surface area contributed by atoms with Crippen molar-refractivity contribution in [1.82, 2.24) is 4.98 Å². The summed E-state index contributed by atoms with van der Waals surface area (Å²) in [6.45, 7) is 3.70. The third-order valence-corrected chi connectivity index (χ3v) is 4.06. The predicted octanol–water partition coefficient (Wildman–Crippen LogP) is 3.15. The average Bonchev–Trinajstić information content (AvgIpc) is 3.05. The number of benzene rings is 1. The number of hydrogen-bond acceptors (Lipinski definition) is 5. The van der Waals surface area contributed by atoms with Gasteiger partial charge >= 0.3 is 0 Å². The number of fused-ring (bicyclic) bond motifs is 1. The number of pyridine rings is 1. The molecule has 5 heteroatoms. The Kier molecular flexibility index (Phi) is 4.34. The lowest BCUT2D eigenvalue weighted by molar-refractivity contribution is 0.120.